The molecule has 92 valence electrons. The molecule has 0 fully saturated rings. The minimum absolute atomic E-state index is 0.0429. The molecule has 0 bridgehead atoms. The number of para-hydroxylation sites is 1. The van der Waals surface area contributed by atoms with Crippen molar-refractivity contribution in [3.8, 4) is 5.69 Å². The summed E-state index contributed by atoms with van der Waals surface area (Å²) < 4.78 is 6.06. The molecule has 1 heterocycles. The number of aromatic nitrogens is 1. The Labute approximate surface area is 104 Å². The van der Waals surface area contributed by atoms with Crippen molar-refractivity contribution in [1.82, 2.24) is 4.57 Å². The highest BCUT2D eigenvalue weighted by atomic mass is 16.5. The van der Waals surface area contributed by atoms with Crippen molar-refractivity contribution in [1.29, 1.82) is 0 Å². The molecule has 0 amide bonds. The number of carbonyl (C=O) groups is 1. The molecule has 0 aliphatic carbocycles. The fraction of sp³-hybridized carbons (Fsp3) is 0.143. The van der Waals surface area contributed by atoms with Crippen LogP contribution in [0.15, 0.2) is 47.4 Å². The van der Waals surface area contributed by atoms with Crippen LogP contribution in [-0.4, -0.2) is 17.6 Å². The van der Waals surface area contributed by atoms with Gasteiger partial charge in [0, 0.05) is 11.9 Å². The zero-order valence-electron chi connectivity index (χ0n) is 10.2. The lowest BCUT2D eigenvalue weighted by Crippen LogP contribution is -2.25. The lowest BCUT2D eigenvalue weighted by molar-refractivity contribution is 0.0598. The predicted octanol–water partition coefficient (Wildman–Crippen LogP) is 1.93. The molecule has 1 aromatic carbocycles. The molecule has 2 aromatic rings. The van der Waals surface area contributed by atoms with E-state index in [0.717, 1.165) is 11.3 Å². The van der Waals surface area contributed by atoms with E-state index in [4.69, 9.17) is 0 Å². The molecule has 0 aliphatic heterocycles. The summed E-state index contributed by atoms with van der Waals surface area (Å²) in [5.41, 5.74) is 1.20. The number of nitrogens with zero attached hydrogens (tertiary/aromatic N) is 1. The Morgan fingerprint density at radius 2 is 1.89 bits per heavy atom. The summed E-state index contributed by atoms with van der Waals surface area (Å²) >= 11 is 0. The number of carbonyl (C=O) groups excluding carboxylic acids is 1. The Morgan fingerprint density at radius 1 is 1.22 bits per heavy atom. The highest BCUT2D eigenvalue weighted by Crippen LogP contribution is 2.07. The van der Waals surface area contributed by atoms with Gasteiger partial charge in [-0.15, -0.1) is 0 Å². The molecular formula is C14H13NO3. The van der Waals surface area contributed by atoms with Gasteiger partial charge < -0.3 is 4.74 Å². The largest absolute Gasteiger partial charge is 0.465 e. The standard InChI is InChI=1S/C14H13NO3/c1-10-8-12(14(17)18-2)13(16)15(9-10)11-6-4-3-5-7-11/h3-9H,1-2H3. The third kappa shape index (κ3) is 2.18. The van der Waals surface area contributed by atoms with Crippen LogP contribution in [0, 0.1) is 6.92 Å². The first kappa shape index (κ1) is 12.1. The molecule has 0 spiro atoms. The average molecular weight is 243 g/mol. The number of ether oxygens (including phenoxy) is 1. The van der Waals surface area contributed by atoms with Crippen LogP contribution >= 0.6 is 0 Å². The maximum Gasteiger partial charge on any atom is 0.343 e. The Morgan fingerprint density at radius 3 is 2.50 bits per heavy atom. The van der Waals surface area contributed by atoms with Crippen LogP contribution in [0.4, 0.5) is 0 Å². The van der Waals surface area contributed by atoms with E-state index < -0.39 is 5.97 Å². The van der Waals surface area contributed by atoms with Crippen LogP contribution < -0.4 is 5.56 Å². The third-order valence-electron chi connectivity index (χ3n) is 2.59. The number of hydrogen-bond donors (Lipinski definition) is 0. The number of aryl methyl sites for hydroxylation is 1. The van der Waals surface area contributed by atoms with Gasteiger partial charge in [-0.3, -0.25) is 9.36 Å². The van der Waals surface area contributed by atoms with E-state index in [1.54, 1.807) is 6.20 Å². The Hall–Kier alpha value is -2.36. The summed E-state index contributed by atoms with van der Waals surface area (Å²) in [6.07, 6.45) is 1.70. The maximum atomic E-state index is 12.2. The third-order valence-corrected chi connectivity index (χ3v) is 2.59. The number of methoxy groups -OCH3 is 1. The van der Waals surface area contributed by atoms with Crippen LogP contribution in [-0.2, 0) is 4.74 Å². The molecule has 0 aliphatic rings. The Bertz CT molecular complexity index is 629. The molecular weight excluding hydrogens is 230 g/mol. The summed E-state index contributed by atoms with van der Waals surface area (Å²) in [6, 6.07) is 10.7. The summed E-state index contributed by atoms with van der Waals surface area (Å²) in [5.74, 6) is -0.617. The zero-order chi connectivity index (χ0) is 13.1. The molecule has 0 atom stereocenters. The van der Waals surface area contributed by atoms with Crippen LogP contribution in [0.3, 0.4) is 0 Å². The molecule has 1 aromatic heterocycles. The van der Waals surface area contributed by atoms with E-state index in [9.17, 15) is 9.59 Å². The molecule has 0 unspecified atom stereocenters. The average Bonchev–Trinajstić information content (AvgIpc) is 2.41. The predicted molar refractivity (Wildman–Crippen MR) is 68.1 cm³/mol. The molecule has 18 heavy (non-hydrogen) atoms. The minimum atomic E-state index is -0.617. The fourth-order valence-electron chi connectivity index (χ4n) is 1.76. The van der Waals surface area contributed by atoms with Crippen molar-refractivity contribution < 1.29 is 9.53 Å². The molecule has 0 saturated heterocycles. The summed E-state index contributed by atoms with van der Waals surface area (Å²) in [4.78, 5) is 23.7. The zero-order valence-corrected chi connectivity index (χ0v) is 10.2. The molecule has 2 rings (SSSR count). The van der Waals surface area contributed by atoms with Crippen molar-refractivity contribution in [2.24, 2.45) is 0 Å². The van der Waals surface area contributed by atoms with Gasteiger partial charge in [-0.1, -0.05) is 18.2 Å². The first-order chi connectivity index (χ1) is 8.63. The van der Waals surface area contributed by atoms with Gasteiger partial charge in [0.1, 0.15) is 5.56 Å². The van der Waals surface area contributed by atoms with E-state index in [1.165, 1.54) is 17.7 Å². The quantitative estimate of drug-likeness (QED) is 0.757. The Balaban J connectivity index is 2.67. The smallest absolute Gasteiger partial charge is 0.343 e. The van der Waals surface area contributed by atoms with Gasteiger partial charge in [0.15, 0.2) is 0 Å². The van der Waals surface area contributed by atoms with Gasteiger partial charge in [-0.05, 0) is 30.7 Å². The summed E-state index contributed by atoms with van der Waals surface area (Å²) in [5, 5.41) is 0. The second-order valence-electron chi connectivity index (χ2n) is 3.93. The summed E-state index contributed by atoms with van der Waals surface area (Å²) in [6.45, 7) is 1.82. The monoisotopic (exact) mass is 243 g/mol. The number of rotatable bonds is 2. The normalized spacial score (nSPS) is 10.1. The molecule has 4 heteroatoms. The van der Waals surface area contributed by atoms with Crippen LogP contribution in [0.2, 0.25) is 0 Å². The topological polar surface area (TPSA) is 48.3 Å². The molecule has 4 nitrogen and oxygen atoms in total. The first-order valence-corrected chi connectivity index (χ1v) is 5.50. The van der Waals surface area contributed by atoms with Crippen molar-refractivity contribution in [3.63, 3.8) is 0 Å². The lowest BCUT2D eigenvalue weighted by Gasteiger charge is -2.08. The molecule has 0 N–H and O–H groups in total. The fourth-order valence-corrected chi connectivity index (χ4v) is 1.76. The maximum absolute atomic E-state index is 12.2. The SMILES string of the molecule is COC(=O)c1cc(C)cn(-c2ccccc2)c1=O. The van der Waals surface area contributed by atoms with E-state index in [1.807, 2.05) is 37.3 Å². The van der Waals surface area contributed by atoms with Gasteiger partial charge in [0.2, 0.25) is 0 Å². The Kier molecular flexibility index (Phi) is 3.28. The highest BCUT2D eigenvalue weighted by Gasteiger charge is 2.14. The van der Waals surface area contributed by atoms with Crippen LogP contribution in [0.1, 0.15) is 15.9 Å². The first-order valence-electron chi connectivity index (χ1n) is 5.50. The van der Waals surface area contributed by atoms with Crippen molar-refractivity contribution >= 4 is 5.97 Å². The summed E-state index contributed by atoms with van der Waals surface area (Å²) in [7, 11) is 1.26. The number of pyridine rings is 1. The minimum Gasteiger partial charge on any atom is -0.465 e. The van der Waals surface area contributed by atoms with Gasteiger partial charge in [-0.25, -0.2) is 4.79 Å². The number of benzene rings is 1. The van der Waals surface area contributed by atoms with E-state index in [2.05, 4.69) is 4.74 Å². The van der Waals surface area contributed by atoms with Crippen molar-refractivity contribution in [2.75, 3.05) is 7.11 Å². The molecule has 0 radical (unpaired) electrons. The van der Waals surface area contributed by atoms with Crippen molar-refractivity contribution in [3.05, 3.63) is 64.1 Å². The van der Waals surface area contributed by atoms with Gasteiger partial charge in [0.25, 0.3) is 5.56 Å². The van der Waals surface area contributed by atoms with E-state index in [-0.39, 0.29) is 11.1 Å². The van der Waals surface area contributed by atoms with Crippen LogP contribution in [0.5, 0.6) is 0 Å². The van der Waals surface area contributed by atoms with Crippen molar-refractivity contribution in [2.45, 2.75) is 6.92 Å². The second-order valence-corrected chi connectivity index (χ2v) is 3.93. The highest BCUT2D eigenvalue weighted by molar-refractivity contribution is 5.89. The van der Waals surface area contributed by atoms with E-state index >= 15 is 0 Å². The van der Waals surface area contributed by atoms with Gasteiger partial charge in [0.05, 0.1) is 7.11 Å². The number of hydrogen-bond acceptors (Lipinski definition) is 3. The molecule has 0 saturated carbocycles. The van der Waals surface area contributed by atoms with Gasteiger partial charge in [-0.2, -0.15) is 0 Å². The van der Waals surface area contributed by atoms with Crippen LogP contribution in [0.25, 0.3) is 5.69 Å². The lowest BCUT2D eigenvalue weighted by atomic mass is 10.2. The van der Waals surface area contributed by atoms with E-state index in [0.29, 0.717) is 0 Å². The second kappa shape index (κ2) is 4.87. The number of esters is 1. The van der Waals surface area contributed by atoms with Gasteiger partial charge >= 0.3 is 5.97 Å².